The normalized spacial score (nSPS) is 13.0. The van der Waals surface area contributed by atoms with Gasteiger partial charge in [-0.3, -0.25) is 0 Å². The predicted octanol–water partition coefficient (Wildman–Crippen LogP) is 0.889. The van der Waals surface area contributed by atoms with E-state index in [-0.39, 0.29) is 0 Å². The number of carboxylic acid groups (broad SMARTS) is 1. The number of unbranched alkanes of at least 4 members (excludes halogenated alkanes) is 1. The molecule has 0 aliphatic rings. The topological polar surface area (TPSA) is 63.3 Å². The third-order valence-electron chi connectivity index (χ3n) is 1.04. The van der Waals surface area contributed by atoms with E-state index in [9.17, 15) is 4.79 Å². The summed E-state index contributed by atoms with van der Waals surface area (Å²) in [7, 11) is 0. The first-order chi connectivity index (χ1) is 4.68. The molecular formula is C6H13NO2S. The van der Waals surface area contributed by atoms with Crippen LogP contribution in [-0.4, -0.2) is 22.2 Å². The van der Waals surface area contributed by atoms with Crippen molar-refractivity contribution < 1.29 is 9.90 Å². The van der Waals surface area contributed by atoms with Gasteiger partial charge in [0.2, 0.25) is 0 Å². The van der Waals surface area contributed by atoms with E-state index in [1.54, 1.807) is 0 Å². The van der Waals surface area contributed by atoms with E-state index in [4.69, 9.17) is 10.8 Å². The van der Waals surface area contributed by atoms with Gasteiger partial charge in [0, 0.05) is 0 Å². The molecule has 0 radical (unpaired) electrons. The van der Waals surface area contributed by atoms with Crippen LogP contribution in [0, 0.1) is 0 Å². The van der Waals surface area contributed by atoms with Crippen molar-refractivity contribution in [1.29, 1.82) is 0 Å². The van der Waals surface area contributed by atoms with Crippen LogP contribution in [0.4, 0.5) is 0 Å². The fourth-order valence-corrected chi connectivity index (χ4v) is 1.28. The Balaban J connectivity index is 3.21. The summed E-state index contributed by atoms with van der Waals surface area (Å²) in [6.45, 7) is 2.06. The molecular weight excluding hydrogens is 150 g/mol. The Morgan fingerprint density at radius 1 is 1.80 bits per heavy atom. The minimum atomic E-state index is -0.930. The smallest absolute Gasteiger partial charge is 0.330 e. The lowest BCUT2D eigenvalue weighted by Crippen LogP contribution is -2.26. The summed E-state index contributed by atoms with van der Waals surface area (Å²) >= 11 is 1.29. The number of rotatable bonds is 5. The Morgan fingerprint density at radius 3 is 2.80 bits per heavy atom. The van der Waals surface area contributed by atoms with Crippen molar-refractivity contribution in [2.45, 2.75) is 25.1 Å². The summed E-state index contributed by atoms with van der Waals surface area (Å²) < 4.78 is 0. The Hall–Kier alpha value is -0.220. The highest BCUT2D eigenvalue weighted by Gasteiger charge is 2.09. The van der Waals surface area contributed by atoms with Crippen LogP contribution in [0.15, 0.2) is 0 Å². The lowest BCUT2D eigenvalue weighted by Gasteiger charge is -2.03. The van der Waals surface area contributed by atoms with Gasteiger partial charge in [-0.05, 0) is 12.2 Å². The number of nitrogens with two attached hydrogens (primary N) is 1. The van der Waals surface area contributed by atoms with Crippen molar-refractivity contribution in [3.8, 4) is 0 Å². The van der Waals surface area contributed by atoms with Gasteiger partial charge in [0.25, 0.3) is 0 Å². The molecule has 0 aromatic rings. The minimum absolute atomic E-state index is 0.744. The number of hydrogen-bond donors (Lipinski definition) is 2. The van der Waals surface area contributed by atoms with Gasteiger partial charge in [-0.1, -0.05) is 13.3 Å². The second kappa shape index (κ2) is 5.56. The van der Waals surface area contributed by atoms with E-state index in [1.165, 1.54) is 11.8 Å². The highest BCUT2D eigenvalue weighted by atomic mass is 32.2. The first-order valence-corrected chi connectivity index (χ1v) is 4.33. The summed E-state index contributed by atoms with van der Waals surface area (Å²) in [5, 5.41) is 7.59. The zero-order valence-electron chi connectivity index (χ0n) is 6.04. The average molecular weight is 163 g/mol. The monoisotopic (exact) mass is 163 g/mol. The Labute approximate surface area is 65.0 Å². The van der Waals surface area contributed by atoms with Gasteiger partial charge in [-0.25, -0.2) is 4.79 Å². The van der Waals surface area contributed by atoms with Crippen molar-refractivity contribution in [2.24, 2.45) is 5.73 Å². The molecule has 0 aromatic heterocycles. The van der Waals surface area contributed by atoms with Gasteiger partial charge in [0.1, 0.15) is 5.37 Å². The molecule has 1 atom stereocenters. The van der Waals surface area contributed by atoms with Crippen molar-refractivity contribution >= 4 is 17.7 Å². The summed E-state index contributed by atoms with van der Waals surface area (Å²) in [4.78, 5) is 10.1. The molecule has 0 amide bonds. The molecule has 1 unspecified atom stereocenters. The number of carboxylic acids is 1. The van der Waals surface area contributed by atoms with Gasteiger partial charge in [-0.2, -0.15) is 0 Å². The molecule has 60 valence electrons. The van der Waals surface area contributed by atoms with Crippen LogP contribution in [0.2, 0.25) is 0 Å². The molecule has 0 spiro atoms. The first-order valence-electron chi connectivity index (χ1n) is 3.28. The van der Waals surface area contributed by atoms with Gasteiger partial charge in [0.05, 0.1) is 0 Å². The maximum Gasteiger partial charge on any atom is 0.330 e. The molecule has 0 bridgehead atoms. The van der Waals surface area contributed by atoms with Gasteiger partial charge in [-0.15, -0.1) is 11.8 Å². The van der Waals surface area contributed by atoms with Crippen LogP contribution in [0.1, 0.15) is 19.8 Å². The van der Waals surface area contributed by atoms with Crippen LogP contribution in [0.3, 0.4) is 0 Å². The fourth-order valence-electron chi connectivity index (χ4n) is 0.426. The maximum absolute atomic E-state index is 10.1. The molecule has 0 aliphatic carbocycles. The van der Waals surface area contributed by atoms with E-state index < -0.39 is 11.3 Å². The third kappa shape index (κ3) is 4.64. The molecule has 4 heteroatoms. The highest BCUT2D eigenvalue weighted by Crippen LogP contribution is 2.07. The predicted molar refractivity (Wildman–Crippen MR) is 43.0 cm³/mol. The molecule has 0 rings (SSSR count). The third-order valence-corrected chi connectivity index (χ3v) is 2.12. The Kier molecular flexibility index (Phi) is 5.43. The number of aliphatic carboxylic acids is 1. The quantitative estimate of drug-likeness (QED) is 0.466. The van der Waals surface area contributed by atoms with E-state index in [0.717, 1.165) is 18.6 Å². The second-order valence-electron chi connectivity index (χ2n) is 1.98. The first kappa shape index (κ1) is 9.78. The number of carbonyl (C=O) groups is 1. The molecule has 3 N–H and O–H groups in total. The lowest BCUT2D eigenvalue weighted by molar-refractivity contribution is -0.136. The molecule has 0 saturated carbocycles. The van der Waals surface area contributed by atoms with Crippen molar-refractivity contribution in [3.05, 3.63) is 0 Å². The van der Waals surface area contributed by atoms with Crippen LogP contribution in [0.25, 0.3) is 0 Å². The average Bonchev–Trinajstić information content (AvgIpc) is 1.88. The van der Waals surface area contributed by atoms with Crippen LogP contribution >= 0.6 is 11.8 Å². The van der Waals surface area contributed by atoms with E-state index in [2.05, 4.69) is 6.92 Å². The minimum Gasteiger partial charge on any atom is -0.479 e. The van der Waals surface area contributed by atoms with Gasteiger partial charge < -0.3 is 10.8 Å². The number of thioether (sulfide) groups is 1. The van der Waals surface area contributed by atoms with Gasteiger partial charge in [0.15, 0.2) is 0 Å². The number of hydrogen-bond acceptors (Lipinski definition) is 3. The SMILES string of the molecule is CCCCSC(N)C(=O)O. The molecule has 0 aromatic carbocycles. The van der Waals surface area contributed by atoms with Crippen molar-refractivity contribution in [2.75, 3.05) is 5.75 Å². The van der Waals surface area contributed by atoms with Gasteiger partial charge >= 0.3 is 5.97 Å². The van der Waals surface area contributed by atoms with E-state index in [0.29, 0.717) is 0 Å². The standard InChI is InChI=1S/C6H13NO2S/c1-2-3-4-10-5(7)6(8)9/h5H,2-4,7H2,1H3,(H,8,9). The van der Waals surface area contributed by atoms with Crippen LogP contribution in [-0.2, 0) is 4.79 Å². The molecule has 0 heterocycles. The van der Waals surface area contributed by atoms with E-state index >= 15 is 0 Å². The molecule has 0 aliphatic heterocycles. The van der Waals surface area contributed by atoms with Crippen LogP contribution in [0.5, 0.6) is 0 Å². The molecule has 10 heavy (non-hydrogen) atoms. The summed E-state index contributed by atoms with van der Waals surface area (Å²) in [5.41, 5.74) is 5.22. The van der Waals surface area contributed by atoms with E-state index in [1.807, 2.05) is 0 Å². The lowest BCUT2D eigenvalue weighted by atomic mass is 10.4. The zero-order valence-corrected chi connectivity index (χ0v) is 6.86. The zero-order chi connectivity index (χ0) is 7.98. The van der Waals surface area contributed by atoms with Crippen molar-refractivity contribution in [3.63, 3.8) is 0 Å². The Morgan fingerprint density at radius 2 is 2.40 bits per heavy atom. The summed E-state index contributed by atoms with van der Waals surface area (Å²) in [6, 6.07) is 0. The largest absolute Gasteiger partial charge is 0.479 e. The molecule has 3 nitrogen and oxygen atoms in total. The summed E-state index contributed by atoms with van der Waals surface area (Å²) in [5.74, 6) is -0.0923. The molecule has 0 saturated heterocycles. The second-order valence-corrected chi connectivity index (χ2v) is 3.23. The fraction of sp³-hybridized carbons (Fsp3) is 0.833. The Bertz CT molecular complexity index is 108. The summed E-state index contributed by atoms with van der Waals surface area (Å²) in [6.07, 6.45) is 2.12. The highest BCUT2D eigenvalue weighted by molar-refractivity contribution is 8.00. The van der Waals surface area contributed by atoms with Crippen LogP contribution < -0.4 is 5.73 Å². The maximum atomic E-state index is 10.1. The van der Waals surface area contributed by atoms with Crippen molar-refractivity contribution in [1.82, 2.24) is 0 Å². The molecule has 0 fully saturated rings.